The molecule has 1 saturated heterocycles. The van der Waals surface area contributed by atoms with E-state index in [4.69, 9.17) is 16.3 Å². The van der Waals surface area contributed by atoms with Crippen LogP contribution in [0.5, 0.6) is 0 Å². The molecule has 0 spiro atoms. The Labute approximate surface area is 155 Å². The van der Waals surface area contributed by atoms with Crippen LogP contribution >= 0.6 is 11.6 Å². The van der Waals surface area contributed by atoms with Crippen LogP contribution in [-0.2, 0) is 4.74 Å². The summed E-state index contributed by atoms with van der Waals surface area (Å²) in [4.78, 5) is 20.7. The molecule has 1 fully saturated rings. The number of hydrogen-bond acceptors (Lipinski definition) is 5. The predicted molar refractivity (Wildman–Crippen MR) is 98.0 cm³/mol. The van der Waals surface area contributed by atoms with Gasteiger partial charge in [-0.25, -0.2) is 9.67 Å². The average molecular weight is 372 g/mol. The van der Waals surface area contributed by atoms with Crippen molar-refractivity contribution in [2.45, 2.75) is 25.5 Å². The van der Waals surface area contributed by atoms with Gasteiger partial charge in [-0.2, -0.15) is 10.1 Å². The molecule has 1 N–H and O–H groups in total. The SMILES string of the molecule is CNC(=O)c1cccc(-c2nc(Cl)nc3c2cnn3C2CCCCO2)c1. The van der Waals surface area contributed by atoms with Crippen LogP contribution in [0.2, 0.25) is 5.28 Å². The van der Waals surface area contributed by atoms with Crippen molar-refractivity contribution in [2.75, 3.05) is 13.7 Å². The van der Waals surface area contributed by atoms with E-state index >= 15 is 0 Å². The van der Waals surface area contributed by atoms with Gasteiger partial charge < -0.3 is 10.1 Å². The molecule has 1 unspecified atom stereocenters. The lowest BCUT2D eigenvalue weighted by Gasteiger charge is -2.23. The summed E-state index contributed by atoms with van der Waals surface area (Å²) in [7, 11) is 1.60. The summed E-state index contributed by atoms with van der Waals surface area (Å²) in [6, 6.07) is 7.24. The Morgan fingerprint density at radius 3 is 3.00 bits per heavy atom. The van der Waals surface area contributed by atoms with Crippen molar-refractivity contribution in [3.05, 3.63) is 41.3 Å². The van der Waals surface area contributed by atoms with E-state index in [1.54, 1.807) is 30.1 Å². The summed E-state index contributed by atoms with van der Waals surface area (Å²) in [6.07, 6.45) is 4.62. The lowest BCUT2D eigenvalue weighted by molar-refractivity contribution is -0.0370. The minimum atomic E-state index is -0.158. The molecule has 3 heterocycles. The first-order valence-electron chi connectivity index (χ1n) is 8.52. The van der Waals surface area contributed by atoms with Crippen molar-refractivity contribution in [1.29, 1.82) is 0 Å². The largest absolute Gasteiger partial charge is 0.356 e. The lowest BCUT2D eigenvalue weighted by Crippen LogP contribution is -2.19. The monoisotopic (exact) mass is 371 g/mol. The maximum absolute atomic E-state index is 11.9. The quantitative estimate of drug-likeness (QED) is 0.715. The van der Waals surface area contributed by atoms with Crippen LogP contribution < -0.4 is 5.32 Å². The van der Waals surface area contributed by atoms with Crippen molar-refractivity contribution in [2.24, 2.45) is 0 Å². The third kappa shape index (κ3) is 3.04. The molecule has 26 heavy (non-hydrogen) atoms. The molecule has 0 saturated carbocycles. The van der Waals surface area contributed by atoms with Crippen LogP contribution in [0, 0.1) is 0 Å². The third-order valence-electron chi connectivity index (χ3n) is 4.48. The van der Waals surface area contributed by atoms with E-state index in [0.717, 1.165) is 30.2 Å². The molecule has 4 rings (SSSR count). The van der Waals surface area contributed by atoms with Crippen molar-refractivity contribution in [1.82, 2.24) is 25.1 Å². The molecule has 7 nitrogen and oxygen atoms in total. The molecule has 0 bridgehead atoms. The van der Waals surface area contributed by atoms with Crippen molar-refractivity contribution >= 4 is 28.5 Å². The van der Waals surface area contributed by atoms with E-state index in [1.807, 2.05) is 12.1 Å². The van der Waals surface area contributed by atoms with Crippen LogP contribution in [0.25, 0.3) is 22.3 Å². The molecule has 0 radical (unpaired) electrons. The van der Waals surface area contributed by atoms with Crippen LogP contribution in [0.4, 0.5) is 0 Å². The maximum Gasteiger partial charge on any atom is 0.251 e. The van der Waals surface area contributed by atoms with Crippen LogP contribution in [0.3, 0.4) is 0 Å². The second kappa shape index (κ2) is 7.01. The maximum atomic E-state index is 11.9. The highest BCUT2D eigenvalue weighted by atomic mass is 35.5. The number of carbonyl (C=O) groups is 1. The van der Waals surface area contributed by atoms with Crippen LogP contribution in [0.15, 0.2) is 30.5 Å². The highest BCUT2D eigenvalue weighted by Gasteiger charge is 2.22. The number of halogens is 1. The van der Waals surface area contributed by atoms with Gasteiger partial charge in [0.15, 0.2) is 11.9 Å². The number of ether oxygens (including phenoxy) is 1. The normalized spacial score (nSPS) is 17.4. The number of rotatable bonds is 3. The number of hydrogen-bond donors (Lipinski definition) is 1. The summed E-state index contributed by atoms with van der Waals surface area (Å²) in [5.41, 5.74) is 2.62. The molecule has 134 valence electrons. The van der Waals surface area contributed by atoms with Crippen molar-refractivity contribution in [3.63, 3.8) is 0 Å². The molecule has 1 amide bonds. The number of nitrogens with one attached hydrogen (secondary N) is 1. The minimum absolute atomic E-state index is 0.135. The number of aromatic nitrogens is 4. The highest BCUT2D eigenvalue weighted by Crippen LogP contribution is 2.31. The summed E-state index contributed by atoms with van der Waals surface area (Å²) < 4.78 is 7.60. The first kappa shape index (κ1) is 16.9. The molecule has 1 atom stereocenters. The molecular weight excluding hydrogens is 354 g/mol. The third-order valence-corrected chi connectivity index (χ3v) is 4.65. The number of amides is 1. The molecule has 3 aromatic rings. The van der Waals surface area contributed by atoms with Crippen molar-refractivity contribution < 1.29 is 9.53 Å². The zero-order valence-electron chi connectivity index (χ0n) is 14.3. The Morgan fingerprint density at radius 1 is 1.35 bits per heavy atom. The van der Waals surface area contributed by atoms with E-state index in [9.17, 15) is 4.79 Å². The Balaban J connectivity index is 1.83. The fraction of sp³-hybridized carbons (Fsp3) is 0.333. The Morgan fingerprint density at radius 2 is 2.23 bits per heavy atom. The Hall–Kier alpha value is -2.51. The second-order valence-corrected chi connectivity index (χ2v) is 6.49. The van der Waals surface area contributed by atoms with E-state index in [1.165, 1.54) is 0 Å². The molecule has 1 aromatic carbocycles. The number of carbonyl (C=O) groups excluding carboxylic acids is 1. The number of fused-ring (bicyclic) bond motifs is 1. The number of benzene rings is 1. The van der Waals surface area contributed by atoms with Gasteiger partial charge in [-0.1, -0.05) is 12.1 Å². The minimum Gasteiger partial charge on any atom is -0.356 e. The first-order valence-corrected chi connectivity index (χ1v) is 8.90. The smallest absolute Gasteiger partial charge is 0.251 e. The van der Waals surface area contributed by atoms with Gasteiger partial charge in [0.2, 0.25) is 5.28 Å². The van der Waals surface area contributed by atoms with E-state index in [0.29, 0.717) is 23.5 Å². The zero-order chi connectivity index (χ0) is 18.1. The molecular formula is C18H18ClN5O2. The standard InChI is InChI=1S/C18H18ClN5O2/c1-20-17(25)12-6-4-5-11(9-12)15-13-10-21-24(14-7-2-3-8-26-14)16(13)23-18(19)22-15/h4-6,9-10,14H,2-3,7-8H2,1H3,(H,20,25). The number of nitrogens with zero attached hydrogens (tertiary/aromatic N) is 4. The summed E-state index contributed by atoms with van der Waals surface area (Å²) in [5, 5.41) is 8.01. The van der Waals surface area contributed by atoms with Crippen LogP contribution in [-0.4, -0.2) is 39.3 Å². The second-order valence-electron chi connectivity index (χ2n) is 6.15. The lowest BCUT2D eigenvalue weighted by atomic mass is 10.1. The molecule has 2 aromatic heterocycles. The Bertz CT molecular complexity index is 965. The fourth-order valence-electron chi connectivity index (χ4n) is 3.20. The summed E-state index contributed by atoms with van der Waals surface area (Å²) >= 11 is 6.19. The predicted octanol–water partition coefficient (Wildman–Crippen LogP) is 3.21. The van der Waals surface area contributed by atoms with E-state index in [2.05, 4.69) is 20.4 Å². The van der Waals surface area contributed by atoms with Gasteiger partial charge in [-0.15, -0.1) is 0 Å². The summed E-state index contributed by atoms with van der Waals surface area (Å²) in [5.74, 6) is -0.158. The highest BCUT2D eigenvalue weighted by molar-refractivity contribution is 6.28. The molecule has 1 aliphatic rings. The molecule has 8 heteroatoms. The van der Waals surface area contributed by atoms with Crippen molar-refractivity contribution in [3.8, 4) is 11.3 Å². The van der Waals surface area contributed by atoms with Gasteiger partial charge in [0.1, 0.15) is 0 Å². The average Bonchev–Trinajstić information content (AvgIpc) is 3.11. The first-order chi connectivity index (χ1) is 12.7. The molecule has 0 aliphatic carbocycles. The van der Waals surface area contributed by atoms with Gasteiger partial charge in [-0.05, 0) is 43.0 Å². The van der Waals surface area contributed by atoms with Gasteiger partial charge in [0, 0.05) is 24.8 Å². The van der Waals surface area contributed by atoms with E-state index in [-0.39, 0.29) is 17.4 Å². The van der Waals surface area contributed by atoms with Gasteiger partial charge in [-0.3, -0.25) is 4.79 Å². The van der Waals surface area contributed by atoms with Gasteiger partial charge in [0.25, 0.3) is 5.91 Å². The molecule has 1 aliphatic heterocycles. The van der Waals surface area contributed by atoms with Crippen LogP contribution in [0.1, 0.15) is 35.8 Å². The Kier molecular flexibility index (Phi) is 4.57. The van der Waals surface area contributed by atoms with E-state index < -0.39 is 0 Å². The summed E-state index contributed by atoms with van der Waals surface area (Å²) in [6.45, 7) is 0.714. The zero-order valence-corrected chi connectivity index (χ0v) is 15.0. The van der Waals surface area contributed by atoms with Gasteiger partial charge >= 0.3 is 0 Å². The topological polar surface area (TPSA) is 81.9 Å². The van der Waals surface area contributed by atoms with Gasteiger partial charge in [0.05, 0.1) is 17.3 Å². The fourth-order valence-corrected chi connectivity index (χ4v) is 3.36.